The van der Waals surface area contributed by atoms with Crippen molar-refractivity contribution >= 4 is 11.6 Å². The molecule has 6 nitrogen and oxygen atoms in total. The van der Waals surface area contributed by atoms with Gasteiger partial charge >= 0.3 is 0 Å². The fraction of sp³-hybridized carbons (Fsp3) is 0.217. The Bertz CT molecular complexity index is 946. The topological polar surface area (TPSA) is 94.5 Å². The number of nitrogens with one attached hydrogen (secondary N) is 2. The van der Waals surface area contributed by atoms with Gasteiger partial charge in [0.1, 0.15) is 5.75 Å². The number of aliphatic hydroxyl groups is 1. The molecular formula is C23H25N3O3. The highest BCUT2D eigenvalue weighted by Crippen LogP contribution is 2.24. The zero-order valence-electron chi connectivity index (χ0n) is 16.3. The molecule has 0 saturated heterocycles. The molecule has 2 aromatic carbocycles. The van der Waals surface area contributed by atoms with Crippen molar-refractivity contribution in [2.24, 2.45) is 0 Å². The standard InChI is InChI=1S/C23H25N3O3/c1-16-22(28)20(18(15-27)13-24-16)14-25-21(12-17-8-4-2-5-9-17)23(29)26-19-10-6-3-7-11-19/h2-11,13,21,25,27-28H,12,14-15H2,1H3,(H,26,29)/t21-/m0/s1. The number of hydrogen-bond donors (Lipinski definition) is 4. The first-order valence-corrected chi connectivity index (χ1v) is 9.49. The van der Waals surface area contributed by atoms with E-state index in [9.17, 15) is 15.0 Å². The molecule has 1 amide bonds. The second kappa shape index (κ2) is 9.82. The van der Waals surface area contributed by atoms with Crippen LogP contribution in [0, 0.1) is 6.92 Å². The molecule has 0 saturated carbocycles. The number of carbonyl (C=O) groups excluding carboxylic acids is 1. The van der Waals surface area contributed by atoms with E-state index in [-0.39, 0.29) is 24.8 Å². The van der Waals surface area contributed by atoms with Crippen LogP contribution < -0.4 is 10.6 Å². The predicted molar refractivity (Wildman–Crippen MR) is 112 cm³/mol. The molecule has 0 aliphatic heterocycles. The van der Waals surface area contributed by atoms with Gasteiger partial charge in [0.2, 0.25) is 5.91 Å². The summed E-state index contributed by atoms with van der Waals surface area (Å²) in [7, 11) is 0. The van der Waals surface area contributed by atoms with Crippen molar-refractivity contribution in [1.29, 1.82) is 0 Å². The van der Waals surface area contributed by atoms with E-state index >= 15 is 0 Å². The summed E-state index contributed by atoms with van der Waals surface area (Å²) in [6.45, 7) is 1.69. The molecule has 3 rings (SSSR count). The van der Waals surface area contributed by atoms with Crippen LogP contribution in [-0.4, -0.2) is 27.1 Å². The number of rotatable bonds is 8. The van der Waals surface area contributed by atoms with Gasteiger partial charge in [0.15, 0.2) is 0 Å². The highest BCUT2D eigenvalue weighted by molar-refractivity contribution is 5.95. The van der Waals surface area contributed by atoms with Gasteiger partial charge in [0, 0.05) is 29.6 Å². The number of nitrogens with zero attached hydrogens (tertiary/aromatic N) is 1. The normalized spacial score (nSPS) is 11.8. The Hall–Kier alpha value is -3.22. The molecule has 6 heteroatoms. The van der Waals surface area contributed by atoms with Crippen molar-refractivity contribution in [3.8, 4) is 5.75 Å². The number of benzene rings is 2. The maximum atomic E-state index is 12.9. The first-order valence-electron chi connectivity index (χ1n) is 9.49. The molecule has 29 heavy (non-hydrogen) atoms. The average molecular weight is 391 g/mol. The van der Waals surface area contributed by atoms with Crippen molar-refractivity contribution in [3.63, 3.8) is 0 Å². The number of para-hydroxylation sites is 1. The Morgan fingerprint density at radius 3 is 2.38 bits per heavy atom. The van der Waals surface area contributed by atoms with Gasteiger partial charge in [0.05, 0.1) is 18.3 Å². The van der Waals surface area contributed by atoms with Crippen LogP contribution in [0.5, 0.6) is 5.75 Å². The van der Waals surface area contributed by atoms with E-state index < -0.39 is 6.04 Å². The molecule has 1 aromatic heterocycles. The first-order chi connectivity index (χ1) is 14.1. The molecule has 0 unspecified atom stereocenters. The minimum absolute atomic E-state index is 0.0333. The second-order valence-electron chi connectivity index (χ2n) is 6.83. The molecule has 0 radical (unpaired) electrons. The van der Waals surface area contributed by atoms with Crippen LogP contribution in [0.1, 0.15) is 22.4 Å². The van der Waals surface area contributed by atoms with Gasteiger partial charge in [0.25, 0.3) is 0 Å². The van der Waals surface area contributed by atoms with Crippen LogP contribution in [0.3, 0.4) is 0 Å². The Morgan fingerprint density at radius 1 is 1.07 bits per heavy atom. The lowest BCUT2D eigenvalue weighted by molar-refractivity contribution is -0.118. The van der Waals surface area contributed by atoms with E-state index in [0.717, 1.165) is 11.3 Å². The maximum Gasteiger partial charge on any atom is 0.241 e. The SMILES string of the molecule is Cc1ncc(CO)c(CN[C@@H](Cc2ccccc2)C(=O)Nc2ccccc2)c1O. The number of hydrogen-bond acceptors (Lipinski definition) is 5. The zero-order chi connectivity index (χ0) is 20.6. The molecular weight excluding hydrogens is 366 g/mol. The van der Waals surface area contributed by atoms with Crippen molar-refractivity contribution in [3.05, 3.63) is 89.2 Å². The summed E-state index contributed by atoms with van der Waals surface area (Å²) in [6, 6.07) is 18.5. The Labute approximate surface area is 170 Å². The third kappa shape index (κ3) is 5.40. The summed E-state index contributed by atoms with van der Waals surface area (Å²) in [4.78, 5) is 17.0. The van der Waals surface area contributed by atoms with E-state index in [4.69, 9.17) is 0 Å². The smallest absolute Gasteiger partial charge is 0.241 e. The zero-order valence-corrected chi connectivity index (χ0v) is 16.3. The van der Waals surface area contributed by atoms with E-state index in [2.05, 4.69) is 15.6 Å². The lowest BCUT2D eigenvalue weighted by Crippen LogP contribution is -2.42. The highest BCUT2D eigenvalue weighted by atomic mass is 16.3. The molecule has 0 spiro atoms. The van der Waals surface area contributed by atoms with Crippen LogP contribution in [0.15, 0.2) is 66.9 Å². The third-order valence-corrected chi connectivity index (χ3v) is 4.77. The minimum atomic E-state index is -0.531. The van der Waals surface area contributed by atoms with Crippen molar-refractivity contribution < 1.29 is 15.0 Å². The van der Waals surface area contributed by atoms with Gasteiger partial charge < -0.3 is 20.8 Å². The van der Waals surface area contributed by atoms with Crippen molar-refractivity contribution in [2.45, 2.75) is 32.5 Å². The first kappa shape index (κ1) is 20.5. The number of amides is 1. The van der Waals surface area contributed by atoms with Gasteiger partial charge in [-0.1, -0.05) is 48.5 Å². The maximum absolute atomic E-state index is 12.9. The molecule has 150 valence electrons. The summed E-state index contributed by atoms with van der Waals surface area (Å²) in [5.41, 5.74) is 3.29. The number of pyridine rings is 1. The summed E-state index contributed by atoms with van der Waals surface area (Å²) in [6.07, 6.45) is 2.03. The van der Waals surface area contributed by atoms with E-state index in [0.29, 0.717) is 23.2 Å². The molecule has 3 aromatic rings. The number of aromatic nitrogens is 1. The highest BCUT2D eigenvalue weighted by Gasteiger charge is 2.21. The number of aryl methyl sites for hydroxylation is 1. The summed E-state index contributed by atoms with van der Waals surface area (Å²) < 4.78 is 0. The molecule has 0 aliphatic rings. The largest absolute Gasteiger partial charge is 0.506 e. The fourth-order valence-electron chi connectivity index (χ4n) is 3.10. The van der Waals surface area contributed by atoms with Gasteiger partial charge in [-0.25, -0.2) is 0 Å². The Balaban J connectivity index is 1.80. The van der Waals surface area contributed by atoms with Crippen LogP contribution in [0.2, 0.25) is 0 Å². The Kier molecular flexibility index (Phi) is 6.94. The van der Waals surface area contributed by atoms with Gasteiger partial charge in [-0.2, -0.15) is 0 Å². The van der Waals surface area contributed by atoms with Crippen molar-refractivity contribution in [2.75, 3.05) is 5.32 Å². The van der Waals surface area contributed by atoms with E-state index in [1.54, 1.807) is 13.1 Å². The number of anilines is 1. The van der Waals surface area contributed by atoms with Gasteiger partial charge in [-0.15, -0.1) is 0 Å². The van der Waals surface area contributed by atoms with Gasteiger partial charge in [-0.05, 0) is 31.0 Å². The molecule has 4 N–H and O–H groups in total. The lowest BCUT2D eigenvalue weighted by Gasteiger charge is -2.20. The van der Waals surface area contributed by atoms with Crippen LogP contribution in [0.25, 0.3) is 0 Å². The van der Waals surface area contributed by atoms with E-state index in [1.165, 1.54) is 0 Å². The molecule has 1 heterocycles. The average Bonchev–Trinajstić information content (AvgIpc) is 2.75. The summed E-state index contributed by atoms with van der Waals surface area (Å²) >= 11 is 0. The van der Waals surface area contributed by atoms with E-state index in [1.807, 2.05) is 60.7 Å². The van der Waals surface area contributed by atoms with Gasteiger partial charge in [-0.3, -0.25) is 9.78 Å². The van der Waals surface area contributed by atoms with Crippen LogP contribution in [0.4, 0.5) is 5.69 Å². The monoisotopic (exact) mass is 391 g/mol. The third-order valence-electron chi connectivity index (χ3n) is 4.77. The number of aromatic hydroxyl groups is 1. The molecule has 0 aliphatic carbocycles. The molecule has 1 atom stereocenters. The number of carbonyl (C=O) groups is 1. The minimum Gasteiger partial charge on any atom is -0.506 e. The molecule has 0 fully saturated rings. The van der Waals surface area contributed by atoms with Crippen molar-refractivity contribution in [1.82, 2.24) is 10.3 Å². The van der Waals surface area contributed by atoms with Crippen LogP contribution in [-0.2, 0) is 24.4 Å². The summed E-state index contributed by atoms with van der Waals surface area (Å²) in [5.74, 6) is -0.137. The fourth-order valence-corrected chi connectivity index (χ4v) is 3.10. The number of aliphatic hydroxyl groups excluding tert-OH is 1. The van der Waals surface area contributed by atoms with Crippen LogP contribution >= 0.6 is 0 Å². The summed E-state index contributed by atoms with van der Waals surface area (Å²) in [5, 5.41) is 26.1. The lowest BCUT2D eigenvalue weighted by atomic mass is 10.0. The Morgan fingerprint density at radius 2 is 1.72 bits per heavy atom. The molecule has 0 bridgehead atoms. The quantitative estimate of drug-likeness (QED) is 0.474. The second-order valence-corrected chi connectivity index (χ2v) is 6.83. The predicted octanol–water partition coefficient (Wildman–Crippen LogP) is 2.93.